The third kappa shape index (κ3) is 1.90. The van der Waals surface area contributed by atoms with E-state index in [1.54, 1.807) is 11.1 Å². The molecule has 0 radical (unpaired) electrons. The average Bonchev–Trinajstić information content (AvgIpc) is 2.82. The zero-order valence-electron chi connectivity index (χ0n) is 9.51. The molecule has 0 fully saturated rings. The molecule has 90 valence electrons. The Kier molecular flexibility index (Phi) is 2.83. The van der Waals surface area contributed by atoms with E-state index in [4.69, 9.17) is 0 Å². The van der Waals surface area contributed by atoms with Crippen LogP contribution in [0, 0.1) is 0 Å². The lowest BCUT2D eigenvalue weighted by molar-refractivity contribution is 0.0749. The predicted octanol–water partition coefficient (Wildman–Crippen LogP) is 2.40. The second-order valence-electron chi connectivity index (χ2n) is 4.14. The van der Waals surface area contributed by atoms with Gasteiger partial charge in [-0.15, -0.1) is 0 Å². The van der Waals surface area contributed by atoms with Gasteiger partial charge in [0, 0.05) is 22.8 Å². The summed E-state index contributed by atoms with van der Waals surface area (Å²) in [6, 6.07) is 7.45. The summed E-state index contributed by atoms with van der Waals surface area (Å²) in [6.07, 6.45) is 3.29. The first kappa shape index (κ1) is 11.3. The summed E-state index contributed by atoms with van der Waals surface area (Å²) in [4.78, 5) is 22.3. The maximum atomic E-state index is 12.4. The Balaban J connectivity index is 1.87. The fourth-order valence-electron chi connectivity index (χ4n) is 2.05. The molecule has 0 N–H and O–H groups in total. The van der Waals surface area contributed by atoms with E-state index in [1.807, 2.05) is 24.3 Å². The summed E-state index contributed by atoms with van der Waals surface area (Å²) in [7, 11) is 0. The summed E-state index contributed by atoms with van der Waals surface area (Å²) in [5, 5.41) is 0. The number of rotatable bonds is 1. The second kappa shape index (κ2) is 4.49. The van der Waals surface area contributed by atoms with Crippen molar-refractivity contribution in [2.24, 2.45) is 0 Å². The number of fused-ring (bicyclic) bond motifs is 1. The summed E-state index contributed by atoms with van der Waals surface area (Å²) in [5.74, 6) is 0.0143. The van der Waals surface area contributed by atoms with Gasteiger partial charge in [0.1, 0.15) is 6.33 Å². The Morgan fingerprint density at radius 3 is 2.89 bits per heavy atom. The van der Waals surface area contributed by atoms with Gasteiger partial charge in [-0.3, -0.25) is 4.79 Å². The summed E-state index contributed by atoms with van der Waals surface area (Å²) < 4.78 is 0.817. The minimum atomic E-state index is 0.0143. The van der Waals surface area contributed by atoms with E-state index in [0.717, 1.165) is 15.7 Å². The monoisotopic (exact) mass is 303 g/mol. The van der Waals surface area contributed by atoms with Crippen molar-refractivity contribution in [1.82, 2.24) is 14.9 Å². The number of hydrogen-bond acceptors (Lipinski definition) is 3. The van der Waals surface area contributed by atoms with E-state index in [0.29, 0.717) is 18.7 Å². The van der Waals surface area contributed by atoms with E-state index in [9.17, 15) is 4.79 Å². The van der Waals surface area contributed by atoms with E-state index in [-0.39, 0.29) is 5.91 Å². The van der Waals surface area contributed by atoms with Gasteiger partial charge in [-0.25, -0.2) is 9.97 Å². The molecule has 0 atom stereocenters. The van der Waals surface area contributed by atoms with Crippen LogP contribution in [0.4, 0.5) is 0 Å². The highest BCUT2D eigenvalue weighted by Crippen LogP contribution is 2.24. The molecule has 2 aromatic rings. The zero-order valence-corrected chi connectivity index (χ0v) is 11.1. The summed E-state index contributed by atoms with van der Waals surface area (Å²) in [6.45, 7) is 1.13. The maximum absolute atomic E-state index is 12.4. The Bertz CT molecular complexity index is 590. The van der Waals surface area contributed by atoms with Crippen molar-refractivity contribution in [2.75, 3.05) is 0 Å². The topological polar surface area (TPSA) is 46.1 Å². The SMILES string of the molecule is O=C(c1ccccc1Br)N1Cc2cncnc2C1. The number of nitrogens with zero attached hydrogens (tertiary/aromatic N) is 3. The van der Waals surface area contributed by atoms with Crippen LogP contribution in [-0.2, 0) is 13.1 Å². The lowest BCUT2D eigenvalue weighted by atomic mass is 10.2. The van der Waals surface area contributed by atoms with Crippen molar-refractivity contribution in [1.29, 1.82) is 0 Å². The molecule has 1 aliphatic rings. The van der Waals surface area contributed by atoms with Gasteiger partial charge in [0.15, 0.2) is 0 Å². The minimum Gasteiger partial charge on any atom is -0.328 e. The van der Waals surface area contributed by atoms with Crippen LogP contribution in [0.25, 0.3) is 0 Å². The molecule has 1 amide bonds. The van der Waals surface area contributed by atoms with Crippen molar-refractivity contribution in [3.8, 4) is 0 Å². The summed E-state index contributed by atoms with van der Waals surface area (Å²) >= 11 is 3.40. The largest absolute Gasteiger partial charge is 0.328 e. The van der Waals surface area contributed by atoms with Crippen LogP contribution in [0.5, 0.6) is 0 Å². The fourth-order valence-corrected chi connectivity index (χ4v) is 2.50. The first-order valence-electron chi connectivity index (χ1n) is 5.57. The molecule has 18 heavy (non-hydrogen) atoms. The minimum absolute atomic E-state index is 0.0143. The molecule has 0 bridgehead atoms. The molecule has 0 spiro atoms. The van der Waals surface area contributed by atoms with Crippen molar-refractivity contribution >= 4 is 21.8 Å². The number of hydrogen-bond donors (Lipinski definition) is 0. The first-order chi connectivity index (χ1) is 8.75. The number of amides is 1. The van der Waals surface area contributed by atoms with Gasteiger partial charge in [-0.05, 0) is 28.1 Å². The normalized spacial score (nSPS) is 13.5. The van der Waals surface area contributed by atoms with Gasteiger partial charge < -0.3 is 4.90 Å². The molecule has 2 heterocycles. The number of carbonyl (C=O) groups excluding carboxylic acids is 1. The predicted molar refractivity (Wildman–Crippen MR) is 69.8 cm³/mol. The molecular formula is C13H10BrN3O. The Morgan fingerprint density at radius 2 is 2.11 bits per heavy atom. The van der Waals surface area contributed by atoms with Crippen LogP contribution in [0.2, 0.25) is 0 Å². The molecule has 3 rings (SSSR count). The van der Waals surface area contributed by atoms with Crippen LogP contribution in [0.15, 0.2) is 41.3 Å². The number of aromatic nitrogens is 2. The van der Waals surface area contributed by atoms with Gasteiger partial charge in [-0.2, -0.15) is 0 Å². The van der Waals surface area contributed by atoms with Crippen LogP contribution >= 0.6 is 15.9 Å². The fraction of sp³-hybridized carbons (Fsp3) is 0.154. The average molecular weight is 304 g/mol. The van der Waals surface area contributed by atoms with E-state index >= 15 is 0 Å². The molecule has 0 aliphatic carbocycles. The van der Waals surface area contributed by atoms with Crippen LogP contribution < -0.4 is 0 Å². The van der Waals surface area contributed by atoms with Gasteiger partial charge in [0.25, 0.3) is 5.91 Å². The van der Waals surface area contributed by atoms with Gasteiger partial charge in [0.2, 0.25) is 0 Å². The highest BCUT2D eigenvalue weighted by atomic mass is 79.9. The third-order valence-electron chi connectivity index (χ3n) is 2.97. The van der Waals surface area contributed by atoms with Crippen molar-refractivity contribution in [2.45, 2.75) is 13.1 Å². The first-order valence-corrected chi connectivity index (χ1v) is 6.36. The second-order valence-corrected chi connectivity index (χ2v) is 4.99. The lowest BCUT2D eigenvalue weighted by Crippen LogP contribution is -2.25. The maximum Gasteiger partial charge on any atom is 0.255 e. The molecule has 5 heteroatoms. The Hall–Kier alpha value is -1.75. The highest BCUT2D eigenvalue weighted by Gasteiger charge is 2.26. The molecule has 1 aromatic carbocycles. The molecule has 4 nitrogen and oxygen atoms in total. The Labute approximate surface area is 113 Å². The third-order valence-corrected chi connectivity index (χ3v) is 3.67. The van der Waals surface area contributed by atoms with Crippen molar-refractivity contribution in [3.63, 3.8) is 0 Å². The van der Waals surface area contributed by atoms with Crippen molar-refractivity contribution in [3.05, 3.63) is 58.1 Å². The highest BCUT2D eigenvalue weighted by molar-refractivity contribution is 9.10. The zero-order chi connectivity index (χ0) is 12.5. The number of halogens is 1. The van der Waals surface area contributed by atoms with Gasteiger partial charge in [0.05, 0.1) is 17.8 Å². The van der Waals surface area contributed by atoms with E-state index in [2.05, 4.69) is 25.9 Å². The van der Waals surface area contributed by atoms with E-state index < -0.39 is 0 Å². The molecule has 0 saturated heterocycles. The van der Waals surface area contributed by atoms with Crippen molar-refractivity contribution < 1.29 is 4.79 Å². The Morgan fingerprint density at radius 1 is 1.28 bits per heavy atom. The molecule has 0 saturated carbocycles. The van der Waals surface area contributed by atoms with Gasteiger partial charge >= 0.3 is 0 Å². The van der Waals surface area contributed by atoms with Crippen LogP contribution in [0.3, 0.4) is 0 Å². The lowest BCUT2D eigenvalue weighted by Gasteiger charge is -2.15. The quantitative estimate of drug-likeness (QED) is 0.812. The van der Waals surface area contributed by atoms with E-state index in [1.165, 1.54) is 6.33 Å². The summed E-state index contributed by atoms with van der Waals surface area (Å²) in [5.41, 5.74) is 2.64. The number of carbonyl (C=O) groups is 1. The molecular weight excluding hydrogens is 294 g/mol. The molecule has 1 aromatic heterocycles. The number of benzene rings is 1. The molecule has 0 unspecified atom stereocenters. The van der Waals surface area contributed by atoms with Crippen LogP contribution in [-0.4, -0.2) is 20.8 Å². The van der Waals surface area contributed by atoms with Crippen LogP contribution in [0.1, 0.15) is 21.6 Å². The molecule has 1 aliphatic heterocycles. The van der Waals surface area contributed by atoms with Gasteiger partial charge in [-0.1, -0.05) is 12.1 Å². The standard InChI is InChI=1S/C13H10BrN3O/c14-11-4-2-1-3-10(11)13(18)17-6-9-5-15-8-16-12(9)7-17/h1-5,8H,6-7H2. The smallest absolute Gasteiger partial charge is 0.255 e.